The number of rotatable bonds is 3. The van der Waals surface area contributed by atoms with Gasteiger partial charge >= 0.3 is 10.2 Å². The number of ether oxygens (including phenoxy) is 1. The van der Waals surface area contributed by atoms with Crippen molar-refractivity contribution < 1.29 is 21.8 Å². The first-order valence-electron chi connectivity index (χ1n) is 5.88. The molecule has 0 radical (unpaired) electrons. The molecule has 1 heterocycles. The van der Waals surface area contributed by atoms with E-state index in [0.29, 0.717) is 0 Å². The molecule has 2 rings (SSSR count). The first kappa shape index (κ1) is 15.4. The number of hydrogen-bond donors (Lipinski definition) is 0. The fourth-order valence-electron chi connectivity index (χ4n) is 1.75. The van der Waals surface area contributed by atoms with Crippen LogP contribution in [0.1, 0.15) is 0 Å². The summed E-state index contributed by atoms with van der Waals surface area (Å²) in [5, 5.41) is 0. The molecule has 0 spiro atoms. The lowest BCUT2D eigenvalue weighted by Gasteiger charge is -2.23. The molecule has 0 aromatic heterocycles. The highest BCUT2D eigenvalue weighted by molar-refractivity contribution is 8.02. The molecular weight excluding hydrogens is 307 g/mol. The molecule has 9 heteroatoms. The van der Waals surface area contributed by atoms with Crippen molar-refractivity contribution in [2.45, 2.75) is 4.90 Å². The summed E-state index contributed by atoms with van der Waals surface area (Å²) in [6.45, 7) is 0.897. The lowest BCUT2D eigenvalue weighted by Crippen LogP contribution is -2.40. The Kier molecular flexibility index (Phi) is 4.43. The topological polar surface area (TPSA) is 76.0 Å². The van der Waals surface area contributed by atoms with E-state index in [-0.39, 0.29) is 31.2 Å². The standard InChI is InChI=1S/C11H15FN2O4S2/c1-19(15,11-4-2-3-10(12)9-11)13-20(16,17)14-5-7-18-8-6-14/h2-4,9H,5-8H2,1H3. The van der Waals surface area contributed by atoms with Gasteiger partial charge in [-0.2, -0.15) is 12.7 Å². The third-order valence-electron chi connectivity index (χ3n) is 2.77. The molecule has 1 saturated heterocycles. The van der Waals surface area contributed by atoms with E-state index in [0.717, 1.165) is 10.4 Å². The van der Waals surface area contributed by atoms with Gasteiger partial charge in [0.2, 0.25) is 0 Å². The maximum atomic E-state index is 13.1. The Morgan fingerprint density at radius 1 is 1.25 bits per heavy atom. The summed E-state index contributed by atoms with van der Waals surface area (Å²) in [6, 6.07) is 4.98. The van der Waals surface area contributed by atoms with Crippen molar-refractivity contribution in [2.75, 3.05) is 32.6 Å². The van der Waals surface area contributed by atoms with Gasteiger partial charge in [0, 0.05) is 19.3 Å². The van der Waals surface area contributed by atoms with Crippen LogP contribution in [0.4, 0.5) is 4.39 Å². The van der Waals surface area contributed by atoms with Gasteiger partial charge < -0.3 is 4.74 Å². The van der Waals surface area contributed by atoms with Crippen molar-refractivity contribution in [1.29, 1.82) is 0 Å². The van der Waals surface area contributed by atoms with Crippen LogP contribution in [0.15, 0.2) is 32.9 Å². The molecule has 1 aliphatic heterocycles. The van der Waals surface area contributed by atoms with E-state index in [1.165, 1.54) is 24.5 Å². The molecule has 1 aromatic carbocycles. The van der Waals surface area contributed by atoms with Gasteiger partial charge in [-0.25, -0.2) is 8.60 Å². The molecule has 20 heavy (non-hydrogen) atoms. The molecule has 0 amide bonds. The van der Waals surface area contributed by atoms with E-state index >= 15 is 0 Å². The molecular formula is C11H15FN2O4S2. The van der Waals surface area contributed by atoms with Crippen molar-refractivity contribution in [1.82, 2.24) is 4.31 Å². The molecule has 1 aromatic rings. The summed E-state index contributed by atoms with van der Waals surface area (Å²) >= 11 is 0. The van der Waals surface area contributed by atoms with Crippen LogP contribution in [0.25, 0.3) is 0 Å². The van der Waals surface area contributed by atoms with E-state index in [2.05, 4.69) is 3.77 Å². The lowest BCUT2D eigenvalue weighted by atomic mass is 10.4. The molecule has 0 bridgehead atoms. The zero-order valence-corrected chi connectivity index (χ0v) is 12.5. The average molecular weight is 322 g/mol. The Morgan fingerprint density at radius 2 is 1.90 bits per heavy atom. The van der Waals surface area contributed by atoms with Crippen molar-refractivity contribution in [3.05, 3.63) is 30.1 Å². The second kappa shape index (κ2) is 5.76. The summed E-state index contributed by atoms with van der Waals surface area (Å²) in [7, 11) is -7.25. The van der Waals surface area contributed by atoms with E-state index in [1.54, 1.807) is 0 Å². The molecule has 1 atom stereocenters. The van der Waals surface area contributed by atoms with Gasteiger partial charge in [0.1, 0.15) is 5.82 Å². The number of nitrogens with zero attached hydrogens (tertiary/aromatic N) is 2. The van der Waals surface area contributed by atoms with Gasteiger partial charge in [-0.05, 0) is 18.2 Å². The van der Waals surface area contributed by atoms with Crippen LogP contribution in [0.2, 0.25) is 0 Å². The normalized spacial score (nSPS) is 20.3. The monoisotopic (exact) mass is 322 g/mol. The lowest BCUT2D eigenvalue weighted by molar-refractivity contribution is 0.0731. The van der Waals surface area contributed by atoms with E-state index in [1.807, 2.05) is 0 Å². The van der Waals surface area contributed by atoms with Gasteiger partial charge in [0.05, 0.1) is 27.8 Å². The van der Waals surface area contributed by atoms with Crippen LogP contribution in [0.5, 0.6) is 0 Å². The zero-order valence-electron chi connectivity index (χ0n) is 10.9. The first-order valence-corrected chi connectivity index (χ1v) is 9.20. The fraction of sp³-hybridized carbons (Fsp3) is 0.455. The summed E-state index contributed by atoms with van der Waals surface area (Å²) in [5.41, 5.74) is 0. The second-order valence-corrected chi connectivity index (χ2v) is 8.41. The molecule has 1 fully saturated rings. The third-order valence-corrected chi connectivity index (χ3v) is 6.80. The molecule has 0 N–H and O–H groups in total. The highest BCUT2D eigenvalue weighted by atomic mass is 32.3. The van der Waals surface area contributed by atoms with Crippen molar-refractivity contribution in [3.63, 3.8) is 0 Å². The molecule has 1 unspecified atom stereocenters. The van der Waals surface area contributed by atoms with Gasteiger partial charge in [0.25, 0.3) is 0 Å². The summed E-state index contributed by atoms with van der Waals surface area (Å²) < 4.78 is 59.4. The van der Waals surface area contributed by atoms with E-state index in [9.17, 15) is 17.0 Å². The SMILES string of the molecule is CS(=O)(=NS(=O)(=O)N1CCOCC1)c1cccc(F)c1. The Morgan fingerprint density at radius 3 is 2.50 bits per heavy atom. The number of hydrogen-bond acceptors (Lipinski definition) is 4. The van der Waals surface area contributed by atoms with Crippen LogP contribution >= 0.6 is 0 Å². The van der Waals surface area contributed by atoms with Crippen LogP contribution in [-0.2, 0) is 24.7 Å². The predicted molar refractivity (Wildman–Crippen MR) is 72.5 cm³/mol. The minimum Gasteiger partial charge on any atom is -0.379 e. The van der Waals surface area contributed by atoms with E-state index in [4.69, 9.17) is 4.74 Å². The van der Waals surface area contributed by atoms with Crippen LogP contribution in [0, 0.1) is 5.82 Å². The summed E-state index contributed by atoms with van der Waals surface area (Å²) in [5.74, 6) is -0.587. The zero-order chi connectivity index (χ0) is 14.8. The largest absolute Gasteiger partial charge is 0.379 e. The van der Waals surface area contributed by atoms with Crippen molar-refractivity contribution in [3.8, 4) is 0 Å². The summed E-state index contributed by atoms with van der Waals surface area (Å²) in [4.78, 5) is 0.0503. The maximum absolute atomic E-state index is 13.1. The number of morpholine rings is 1. The van der Waals surface area contributed by atoms with Crippen molar-refractivity contribution >= 4 is 19.9 Å². The second-order valence-electron chi connectivity index (χ2n) is 4.32. The Balaban J connectivity index is 2.39. The summed E-state index contributed by atoms with van der Waals surface area (Å²) in [6.07, 6.45) is 1.18. The molecule has 0 aliphatic carbocycles. The van der Waals surface area contributed by atoms with Gasteiger partial charge in [-0.1, -0.05) is 9.83 Å². The number of halogens is 1. The minimum atomic E-state index is -4.02. The smallest absolute Gasteiger partial charge is 0.330 e. The Hall–Kier alpha value is -1.03. The van der Waals surface area contributed by atoms with Gasteiger partial charge in [-0.15, -0.1) is 0 Å². The highest BCUT2D eigenvalue weighted by Crippen LogP contribution is 2.17. The maximum Gasteiger partial charge on any atom is 0.330 e. The fourth-order valence-corrected chi connectivity index (χ4v) is 5.18. The minimum absolute atomic E-state index is 0.0503. The Labute approximate surface area is 117 Å². The van der Waals surface area contributed by atoms with Crippen LogP contribution < -0.4 is 0 Å². The number of benzene rings is 1. The quantitative estimate of drug-likeness (QED) is 0.827. The predicted octanol–water partition coefficient (Wildman–Crippen LogP) is 0.859. The van der Waals surface area contributed by atoms with Crippen molar-refractivity contribution in [2.24, 2.45) is 3.77 Å². The van der Waals surface area contributed by atoms with Gasteiger partial charge in [0.15, 0.2) is 0 Å². The van der Waals surface area contributed by atoms with E-state index < -0.39 is 25.8 Å². The molecule has 0 saturated carbocycles. The van der Waals surface area contributed by atoms with Gasteiger partial charge in [-0.3, -0.25) is 0 Å². The first-order chi connectivity index (χ1) is 9.31. The molecule has 1 aliphatic rings. The Bertz CT molecular complexity index is 705. The van der Waals surface area contributed by atoms with Crippen LogP contribution in [-0.4, -0.2) is 49.5 Å². The molecule has 6 nitrogen and oxygen atoms in total. The third kappa shape index (κ3) is 3.54. The van der Waals surface area contributed by atoms with Crippen LogP contribution in [0.3, 0.4) is 0 Å². The highest BCUT2D eigenvalue weighted by Gasteiger charge is 2.25. The average Bonchev–Trinajstić information content (AvgIpc) is 2.39. The molecule has 112 valence electrons.